The number of rotatable bonds is 6. The van der Waals surface area contributed by atoms with E-state index >= 15 is 0 Å². The number of amides is 2. The summed E-state index contributed by atoms with van der Waals surface area (Å²) in [6.07, 6.45) is 1.47. The average molecular weight is 443 g/mol. The Morgan fingerprint density at radius 1 is 1.13 bits per heavy atom. The van der Waals surface area contributed by atoms with E-state index in [2.05, 4.69) is 19.2 Å². The lowest BCUT2D eigenvalue weighted by atomic mass is 10.0. The molecule has 1 heterocycles. The van der Waals surface area contributed by atoms with E-state index < -0.39 is 0 Å². The monoisotopic (exact) mass is 442 g/mol. The van der Waals surface area contributed by atoms with Gasteiger partial charge in [0.05, 0.1) is 0 Å². The first kappa shape index (κ1) is 23.1. The van der Waals surface area contributed by atoms with Crippen LogP contribution in [-0.4, -0.2) is 42.5 Å². The molecule has 1 saturated heterocycles. The second kappa shape index (κ2) is 10.2. The smallest absolute Gasteiger partial charge is 0.260 e. The van der Waals surface area contributed by atoms with Gasteiger partial charge in [0.15, 0.2) is 6.61 Å². The molecule has 0 saturated carbocycles. The molecule has 0 unspecified atom stereocenters. The quantitative estimate of drug-likeness (QED) is 0.693. The van der Waals surface area contributed by atoms with Crippen LogP contribution in [0.3, 0.4) is 0 Å². The van der Waals surface area contributed by atoms with Crippen molar-refractivity contribution in [2.75, 3.05) is 19.7 Å². The van der Waals surface area contributed by atoms with Gasteiger partial charge in [-0.1, -0.05) is 43.6 Å². The minimum Gasteiger partial charge on any atom is -0.483 e. The number of benzene rings is 2. The molecular formula is C25H31ClN2O3. The molecule has 2 amide bonds. The first-order valence-corrected chi connectivity index (χ1v) is 11.2. The Kier molecular flexibility index (Phi) is 7.60. The standard InChI is InChI=1S/C25H31ClN2O3/c1-16(2)21-14-22(26)18(4)13-23(21)31-15-24(29)28-11-9-19(10-12-28)27-25(30)20-8-6-5-7-17(20)3/h5-8,13-14,16,19H,9-12,15H2,1-4H3,(H,27,30). The van der Waals surface area contributed by atoms with Crippen molar-refractivity contribution in [3.8, 4) is 5.75 Å². The molecule has 166 valence electrons. The Balaban J connectivity index is 1.51. The molecule has 0 aliphatic carbocycles. The van der Waals surface area contributed by atoms with Crippen LogP contribution in [0.4, 0.5) is 0 Å². The highest BCUT2D eigenvalue weighted by Gasteiger charge is 2.25. The molecule has 0 bridgehead atoms. The summed E-state index contributed by atoms with van der Waals surface area (Å²) < 4.78 is 5.89. The number of carbonyl (C=O) groups is 2. The zero-order chi connectivity index (χ0) is 22.5. The molecule has 1 fully saturated rings. The van der Waals surface area contributed by atoms with E-state index in [0.717, 1.165) is 29.5 Å². The molecule has 2 aromatic rings. The molecule has 0 radical (unpaired) electrons. The maximum Gasteiger partial charge on any atom is 0.260 e. The third-order valence-electron chi connectivity index (χ3n) is 5.84. The molecule has 2 aromatic carbocycles. The number of ether oxygens (including phenoxy) is 1. The maximum absolute atomic E-state index is 12.7. The molecule has 0 aromatic heterocycles. The van der Waals surface area contributed by atoms with Crippen LogP contribution in [0.5, 0.6) is 5.75 Å². The summed E-state index contributed by atoms with van der Waals surface area (Å²) in [5.41, 5.74) is 3.59. The number of aryl methyl sites for hydroxylation is 2. The topological polar surface area (TPSA) is 58.6 Å². The van der Waals surface area contributed by atoms with E-state index in [1.54, 1.807) is 0 Å². The second-order valence-electron chi connectivity index (χ2n) is 8.53. The van der Waals surface area contributed by atoms with Crippen LogP contribution in [-0.2, 0) is 4.79 Å². The Hall–Kier alpha value is -2.53. The van der Waals surface area contributed by atoms with Gasteiger partial charge in [-0.15, -0.1) is 0 Å². The Morgan fingerprint density at radius 3 is 2.45 bits per heavy atom. The zero-order valence-electron chi connectivity index (χ0n) is 18.7. The molecule has 1 N–H and O–H groups in total. The predicted molar refractivity (Wildman–Crippen MR) is 124 cm³/mol. The molecule has 0 atom stereocenters. The fraction of sp³-hybridized carbons (Fsp3) is 0.440. The van der Waals surface area contributed by atoms with Gasteiger partial charge in [0.2, 0.25) is 0 Å². The summed E-state index contributed by atoms with van der Waals surface area (Å²) in [5.74, 6) is 0.873. The van der Waals surface area contributed by atoms with Gasteiger partial charge in [-0.2, -0.15) is 0 Å². The van der Waals surface area contributed by atoms with Crippen molar-refractivity contribution in [2.24, 2.45) is 0 Å². The minimum absolute atomic E-state index is 0.00102. The van der Waals surface area contributed by atoms with Crippen molar-refractivity contribution in [1.82, 2.24) is 10.2 Å². The van der Waals surface area contributed by atoms with Crippen LogP contribution < -0.4 is 10.1 Å². The summed E-state index contributed by atoms with van der Waals surface area (Å²) >= 11 is 6.25. The largest absolute Gasteiger partial charge is 0.483 e. The minimum atomic E-state index is -0.0504. The number of halogens is 1. The van der Waals surface area contributed by atoms with Crippen LogP contribution in [0.25, 0.3) is 0 Å². The summed E-state index contributed by atoms with van der Waals surface area (Å²) in [7, 11) is 0. The molecule has 3 rings (SSSR count). The van der Waals surface area contributed by atoms with Crippen LogP contribution in [0.2, 0.25) is 5.02 Å². The number of nitrogens with zero attached hydrogens (tertiary/aromatic N) is 1. The first-order valence-electron chi connectivity index (χ1n) is 10.8. The molecule has 0 spiro atoms. The van der Waals surface area contributed by atoms with Gasteiger partial charge in [0.25, 0.3) is 11.8 Å². The van der Waals surface area contributed by atoms with Crippen LogP contribution in [0.1, 0.15) is 59.7 Å². The van der Waals surface area contributed by atoms with Crippen LogP contribution in [0.15, 0.2) is 36.4 Å². The van der Waals surface area contributed by atoms with Crippen molar-refractivity contribution in [3.05, 3.63) is 63.7 Å². The fourth-order valence-corrected chi connectivity index (χ4v) is 4.01. The van der Waals surface area contributed by atoms with E-state index in [-0.39, 0.29) is 30.4 Å². The third-order valence-corrected chi connectivity index (χ3v) is 6.24. The molecule has 5 nitrogen and oxygen atoms in total. The summed E-state index contributed by atoms with van der Waals surface area (Å²) in [4.78, 5) is 27.0. The summed E-state index contributed by atoms with van der Waals surface area (Å²) in [5, 5.41) is 3.81. The van der Waals surface area contributed by atoms with E-state index in [4.69, 9.17) is 16.3 Å². The predicted octanol–water partition coefficient (Wildman–Crippen LogP) is 4.88. The van der Waals surface area contributed by atoms with Crippen LogP contribution >= 0.6 is 11.6 Å². The Labute approximate surface area is 189 Å². The van der Waals surface area contributed by atoms with Gasteiger partial charge in [-0.05, 0) is 67.5 Å². The van der Waals surface area contributed by atoms with Crippen molar-refractivity contribution in [1.29, 1.82) is 0 Å². The van der Waals surface area contributed by atoms with Gasteiger partial charge in [0.1, 0.15) is 5.75 Å². The molecule has 1 aliphatic rings. The van der Waals surface area contributed by atoms with Crippen molar-refractivity contribution in [2.45, 2.75) is 52.5 Å². The van der Waals surface area contributed by atoms with E-state index in [0.29, 0.717) is 29.4 Å². The van der Waals surface area contributed by atoms with Gasteiger partial charge < -0.3 is 15.0 Å². The van der Waals surface area contributed by atoms with E-state index in [1.165, 1.54) is 0 Å². The Morgan fingerprint density at radius 2 is 1.81 bits per heavy atom. The number of hydrogen-bond acceptors (Lipinski definition) is 3. The molecule has 1 aliphatic heterocycles. The maximum atomic E-state index is 12.7. The highest BCUT2D eigenvalue weighted by Crippen LogP contribution is 2.32. The SMILES string of the molecule is Cc1cc(OCC(=O)N2CCC(NC(=O)c3ccccc3C)CC2)c(C(C)C)cc1Cl. The highest BCUT2D eigenvalue weighted by molar-refractivity contribution is 6.31. The lowest BCUT2D eigenvalue weighted by Gasteiger charge is -2.32. The van der Waals surface area contributed by atoms with Gasteiger partial charge in [0, 0.05) is 29.7 Å². The number of piperidine rings is 1. The van der Waals surface area contributed by atoms with Crippen molar-refractivity contribution in [3.63, 3.8) is 0 Å². The normalized spacial score (nSPS) is 14.6. The summed E-state index contributed by atoms with van der Waals surface area (Å²) in [6, 6.07) is 11.5. The highest BCUT2D eigenvalue weighted by atomic mass is 35.5. The molecular weight excluding hydrogens is 412 g/mol. The van der Waals surface area contributed by atoms with Gasteiger partial charge in [-0.25, -0.2) is 0 Å². The zero-order valence-corrected chi connectivity index (χ0v) is 19.5. The van der Waals surface area contributed by atoms with Gasteiger partial charge >= 0.3 is 0 Å². The number of likely N-dealkylation sites (tertiary alicyclic amines) is 1. The van der Waals surface area contributed by atoms with Crippen molar-refractivity contribution >= 4 is 23.4 Å². The third kappa shape index (κ3) is 5.79. The van der Waals surface area contributed by atoms with E-state index in [9.17, 15) is 9.59 Å². The van der Waals surface area contributed by atoms with E-state index in [1.807, 2.05) is 55.1 Å². The number of hydrogen-bond donors (Lipinski definition) is 1. The second-order valence-corrected chi connectivity index (χ2v) is 8.93. The summed E-state index contributed by atoms with van der Waals surface area (Å²) in [6.45, 7) is 9.23. The first-order chi connectivity index (χ1) is 14.8. The van der Waals surface area contributed by atoms with Crippen LogP contribution in [0, 0.1) is 13.8 Å². The number of nitrogens with one attached hydrogen (secondary N) is 1. The average Bonchev–Trinajstić information content (AvgIpc) is 2.74. The number of carbonyl (C=O) groups excluding carboxylic acids is 2. The lowest BCUT2D eigenvalue weighted by molar-refractivity contribution is -0.134. The van der Waals surface area contributed by atoms with Crippen molar-refractivity contribution < 1.29 is 14.3 Å². The van der Waals surface area contributed by atoms with Gasteiger partial charge in [-0.3, -0.25) is 9.59 Å². The molecule has 6 heteroatoms. The Bertz CT molecular complexity index is 950. The fourth-order valence-electron chi connectivity index (χ4n) is 3.84. The lowest BCUT2D eigenvalue weighted by Crippen LogP contribution is -2.47. The molecule has 31 heavy (non-hydrogen) atoms.